The van der Waals surface area contributed by atoms with Gasteiger partial charge in [-0.05, 0) is 42.6 Å². The van der Waals surface area contributed by atoms with E-state index in [4.69, 9.17) is 26.2 Å². The van der Waals surface area contributed by atoms with Gasteiger partial charge in [-0.25, -0.2) is 14.0 Å². The fourth-order valence-electron chi connectivity index (χ4n) is 4.78. The Labute approximate surface area is 248 Å². The van der Waals surface area contributed by atoms with Crippen molar-refractivity contribution in [1.29, 1.82) is 0 Å². The van der Waals surface area contributed by atoms with Gasteiger partial charge in [-0.3, -0.25) is 4.79 Å². The summed E-state index contributed by atoms with van der Waals surface area (Å²) in [6.07, 6.45) is -2.97. The molecule has 3 N–H and O–H groups in total. The van der Waals surface area contributed by atoms with Crippen LogP contribution in [-0.2, 0) is 11.2 Å². The second-order valence-corrected chi connectivity index (χ2v) is 10.9. The molecule has 3 aromatic rings. The maximum atomic E-state index is 14.8. The molecule has 1 aliphatic rings. The number of hydrogen-bond acceptors (Lipinski definition) is 6. The normalized spacial score (nSPS) is 16.2. The van der Waals surface area contributed by atoms with Gasteiger partial charge in [0.05, 0.1) is 23.2 Å². The predicted octanol–water partition coefficient (Wildman–Crippen LogP) is 4.99. The van der Waals surface area contributed by atoms with E-state index in [1.807, 2.05) is 20.9 Å². The number of carboxylic acids is 2. The van der Waals surface area contributed by atoms with Gasteiger partial charge in [0.25, 0.3) is 0 Å². The average Bonchev–Trinajstić information content (AvgIpc) is 3.32. The minimum atomic E-state index is -5.08. The summed E-state index contributed by atoms with van der Waals surface area (Å²) in [5, 5.41) is 27.1. The summed E-state index contributed by atoms with van der Waals surface area (Å²) in [5.74, 6) is -4.22. The fraction of sp³-hybridized carbons (Fsp3) is 0.414. The monoisotopic (exact) mass is 630 g/mol. The van der Waals surface area contributed by atoms with Crippen LogP contribution in [0.2, 0.25) is 5.02 Å². The maximum absolute atomic E-state index is 14.8. The minimum Gasteiger partial charge on any atom is -0.489 e. The highest BCUT2D eigenvalue weighted by molar-refractivity contribution is 6.30. The van der Waals surface area contributed by atoms with E-state index in [1.165, 1.54) is 12.3 Å². The highest BCUT2D eigenvalue weighted by Gasteiger charge is 2.38. The zero-order valence-electron chi connectivity index (χ0n) is 23.5. The lowest BCUT2D eigenvalue weighted by atomic mass is 9.98. The summed E-state index contributed by atoms with van der Waals surface area (Å²) in [4.78, 5) is 36.2. The molecule has 0 bridgehead atoms. The first-order chi connectivity index (χ1) is 20.0. The first-order valence-electron chi connectivity index (χ1n) is 13.2. The van der Waals surface area contributed by atoms with E-state index < -0.39 is 41.0 Å². The molecule has 14 heteroatoms. The number of aliphatic hydroxyl groups is 1. The second-order valence-electron chi connectivity index (χ2n) is 10.5. The number of benzene rings is 2. The molecular formula is C29H31ClF4N2O7. The summed E-state index contributed by atoms with van der Waals surface area (Å²) in [6, 6.07) is 7.56. The van der Waals surface area contributed by atoms with Crippen LogP contribution in [0.3, 0.4) is 0 Å². The van der Waals surface area contributed by atoms with Gasteiger partial charge in [0, 0.05) is 37.2 Å². The summed E-state index contributed by atoms with van der Waals surface area (Å²) >= 11 is 6.00. The van der Waals surface area contributed by atoms with Crippen LogP contribution in [-0.4, -0.2) is 75.7 Å². The van der Waals surface area contributed by atoms with Crippen LogP contribution >= 0.6 is 11.6 Å². The fourth-order valence-corrected chi connectivity index (χ4v) is 4.97. The molecule has 234 valence electrons. The minimum absolute atomic E-state index is 0.00795. The van der Waals surface area contributed by atoms with Crippen molar-refractivity contribution < 1.29 is 47.2 Å². The van der Waals surface area contributed by atoms with Crippen molar-refractivity contribution in [2.75, 3.05) is 26.7 Å². The van der Waals surface area contributed by atoms with Crippen LogP contribution in [0.1, 0.15) is 47.8 Å². The molecular weight excluding hydrogens is 600 g/mol. The number of alkyl halides is 3. The van der Waals surface area contributed by atoms with Crippen molar-refractivity contribution in [3.8, 4) is 5.75 Å². The number of carbonyl (C=O) groups is 2. The lowest BCUT2D eigenvalue weighted by Crippen LogP contribution is -2.26. The van der Waals surface area contributed by atoms with Gasteiger partial charge in [0.1, 0.15) is 23.2 Å². The molecule has 1 fully saturated rings. The van der Waals surface area contributed by atoms with Gasteiger partial charge in [0.15, 0.2) is 0 Å². The third-order valence-electron chi connectivity index (χ3n) is 7.06. The average molecular weight is 631 g/mol. The zero-order valence-corrected chi connectivity index (χ0v) is 24.2. The SMILES string of the molecule is CC(C)[C@@H](CO)n1cc(C(=O)O)c(=O)c2cc(Cc3cccc(Cl)c3F)c(O[C@@H]3CCN(C)C3)cc21.O=C(O)C(F)(F)F. The van der Waals surface area contributed by atoms with E-state index in [0.717, 1.165) is 19.5 Å². The van der Waals surface area contributed by atoms with Crippen LogP contribution in [0, 0.1) is 11.7 Å². The molecule has 1 aliphatic heterocycles. The van der Waals surface area contributed by atoms with Gasteiger partial charge in [-0.2, -0.15) is 13.2 Å². The summed E-state index contributed by atoms with van der Waals surface area (Å²) in [6.45, 7) is 5.18. The van der Waals surface area contributed by atoms with Crippen LogP contribution in [0.25, 0.3) is 10.9 Å². The molecule has 0 saturated carbocycles. The molecule has 1 aromatic heterocycles. The highest BCUT2D eigenvalue weighted by atomic mass is 35.5. The molecule has 0 unspecified atom stereocenters. The number of halogens is 5. The third kappa shape index (κ3) is 8.03. The summed E-state index contributed by atoms with van der Waals surface area (Å²) < 4.78 is 54.6. The van der Waals surface area contributed by atoms with Crippen LogP contribution < -0.4 is 10.2 Å². The second kappa shape index (κ2) is 13.7. The molecule has 9 nitrogen and oxygen atoms in total. The van der Waals surface area contributed by atoms with Crippen molar-refractivity contribution in [1.82, 2.24) is 9.47 Å². The van der Waals surface area contributed by atoms with Gasteiger partial charge in [-0.1, -0.05) is 37.6 Å². The molecule has 0 spiro atoms. The Balaban J connectivity index is 0.000000646. The molecule has 1 saturated heterocycles. The Morgan fingerprint density at radius 2 is 1.81 bits per heavy atom. The van der Waals surface area contributed by atoms with Crippen LogP contribution in [0.4, 0.5) is 17.6 Å². The predicted molar refractivity (Wildman–Crippen MR) is 151 cm³/mol. The van der Waals surface area contributed by atoms with E-state index >= 15 is 0 Å². The topological polar surface area (TPSA) is 129 Å². The summed E-state index contributed by atoms with van der Waals surface area (Å²) in [7, 11) is 2.01. The molecule has 43 heavy (non-hydrogen) atoms. The molecule has 2 aromatic carbocycles. The highest BCUT2D eigenvalue weighted by Crippen LogP contribution is 2.33. The number of aliphatic hydroxyl groups excluding tert-OH is 1. The molecule has 0 radical (unpaired) electrons. The van der Waals surface area contributed by atoms with Gasteiger partial charge in [0.2, 0.25) is 5.43 Å². The molecule has 0 amide bonds. The number of pyridine rings is 1. The number of hydrogen-bond donors (Lipinski definition) is 3. The number of rotatable bonds is 8. The van der Waals surface area contributed by atoms with Crippen molar-refractivity contribution in [3.05, 3.63) is 74.3 Å². The number of aromatic carboxylic acids is 1. The first-order valence-corrected chi connectivity index (χ1v) is 13.6. The van der Waals surface area contributed by atoms with Crippen LogP contribution in [0.5, 0.6) is 5.75 Å². The molecule has 2 heterocycles. The van der Waals surface area contributed by atoms with Gasteiger partial charge >= 0.3 is 18.1 Å². The maximum Gasteiger partial charge on any atom is 0.490 e. The number of aliphatic carboxylic acids is 1. The number of likely N-dealkylation sites (N-methyl/N-ethyl adjacent to an activating group) is 1. The smallest absolute Gasteiger partial charge is 0.489 e. The van der Waals surface area contributed by atoms with Crippen molar-refractivity contribution in [3.63, 3.8) is 0 Å². The van der Waals surface area contributed by atoms with E-state index in [0.29, 0.717) is 22.4 Å². The number of fused-ring (bicyclic) bond motifs is 1. The standard InChI is InChI=1S/C27H30ClFN2O5.C2HF3O2/c1-15(2)23(14-32)31-13-20(27(34)35)26(33)19-10-17(9-16-5-4-6-21(28)25(16)29)24(11-22(19)31)36-18-7-8-30(3)12-18;3-2(4,5)1(6)7/h4-6,10-11,13,15,18,23,32H,7-9,12,14H2,1-3H3,(H,34,35);(H,6,7)/t18-,23-;/m1./s1. The number of likely N-dealkylation sites (tertiary alicyclic amines) is 1. The Bertz CT molecular complexity index is 1560. The molecule has 2 atom stereocenters. The van der Waals surface area contributed by atoms with E-state index in [9.17, 15) is 37.4 Å². The molecule has 4 rings (SSSR count). The Kier molecular flexibility index (Phi) is 10.8. The molecule has 0 aliphatic carbocycles. The Hall–Kier alpha value is -3.68. The number of nitrogens with zero attached hydrogens (tertiary/aromatic N) is 2. The van der Waals surface area contributed by atoms with Gasteiger partial charge in [-0.15, -0.1) is 0 Å². The van der Waals surface area contributed by atoms with Crippen molar-refractivity contribution in [2.45, 2.75) is 45.0 Å². The van der Waals surface area contributed by atoms with Gasteiger partial charge < -0.3 is 29.5 Å². The lowest BCUT2D eigenvalue weighted by molar-refractivity contribution is -0.192. The lowest BCUT2D eigenvalue weighted by Gasteiger charge is -2.26. The van der Waals surface area contributed by atoms with Crippen LogP contribution in [0.15, 0.2) is 41.3 Å². The quantitative estimate of drug-likeness (QED) is 0.297. The summed E-state index contributed by atoms with van der Waals surface area (Å²) in [5.41, 5.74) is 0.297. The van der Waals surface area contributed by atoms with E-state index in [1.54, 1.807) is 28.8 Å². The Morgan fingerprint density at radius 1 is 1.16 bits per heavy atom. The Morgan fingerprint density at radius 3 is 2.33 bits per heavy atom. The number of aromatic nitrogens is 1. The first kappa shape index (κ1) is 33.8. The van der Waals surface area contributed by atoms with Crippen molar-refractivity contribution >= 4 is 34.4 Å². The zero-order chi connectivity index (χ0) is 32.2. The van der Waals surface area contributed by atoms with E-state index in [-0.39, 0.29) is 35.5 Å². The van der Waals surface area contributed by atoms with E-state index in [2.05, 4.69) is 4.90 Å². The number of ether oxygens (including phenoxy) is 1. The number of carboxylic acid groups (broad SMARTS) is 2. The third-order valence-corrected chi connectivity index (χ3v) is 7.35. The van der Waals surface area contributed by atoms with Crippen molar-refractivity contribution in [2.24, 2.45) is 5.92 Å². The largest absolute Gasteiger partial charge is 0.490 e.